The van der Waals surface area contributed by atoms with Gasteiger partial charge in [0.25, 0.3) is 0 Å². The lowest BCUT2D eigenvalue weighted by Crippen LogP contribution is -2.36. The average molecular weight is 318 g/mol. The molecule has 1 saturated heterocycles. The molecule has 0 spiro atoms. The van der Waals surface area contributed by atoms with Gasteiger partial charge in [0.15, 0.2) is 0 Å². The molecule has 23 heavy (non-hydrogen) atoms. The highest BCUT2D eigenvalue weighted by atomic mass is 16.6. The topological polar surface area (TPSA) is 59.5 Å². The van der Waals surface area contributed by atoms with Crippen LogP contribution in [0.3, 0.4) is 0 Å². The van der Waals surface area contributed by atoms with E-state index in [2.05, 4.69) is 11.9 Å². The van der Waals surface area contributed by atoms with E-state index >= 15 is 0 Å². The van der Waals surface area contributed by atoms with Crippen LogP contribution in [-0.2, 0) is 22.4 Å². The van der Waals surface area contributed by atoms with Crippen LogP contribution in [0.25, 0.3) is 0 Å². The van der Waals surface area contributed by atoms with Crippen LogP contribution < -0.4 is 0 Å². The molecule has 0 N–H and O–H groups in total. The molecule has 0 radical (unpaired) electrons. The van der Waals surface area contributed by atoms with Gasteiger partial charge in [-0.1, -0.05) is 13.0 Å². The first kappa shape index (κ1) is 17.4. The molecule has 1 fully saturated rings. The van der Waals surface area contributed by atoms with Crippen molar-refractivity contribution in [3.8, 4) is 0 Å². The minimum atomic E-state index is -0.510. The minimum absolute atomic E-state index is 0.116. The fraction of sp³-hybridized carbons (Fsp3) is 0.611. The summed E-state index contributed by atoms with van der Waals surface area (Å²) < 4.78 is 5.36. The fourth-order valence-electron chi connectivity index (χ4n) is 2.61. The normalized spacial score (nSPS) is 18.1. The number of ketones is 1. The Balaban J connectivity index is 1.88. The van der Waals surface area contributed by atoms with E-state index in [4.69, 9.17) is 4.74 Å². The van der Waals surface area contributed by atoms with Crippen molar-refractivity contribution in [3.63, 3.8) is 0 Å². The molecule has 1 aromatic rings. The van der Waals surface area contributed by atoms with Gasteiger partial charge in [0.05, 0.1) is 0 Å². The van der Waals surface area contributed by atoms with Gasteiger partial charge in [-0.15, -0.1) is 0 Å². The largest absolute Gasteiger partial charge is 0.444 e. The number of hydrogen-bond acceptors (Lipinski definition) is 4. The summed E-state index contributed by atoms with van der Waals surface area (Å²) in [6.45, 7) is 8.62. The summed E-state index contributed by atoms with van der Waals surface area (Å²) in [5.74, 6) is 0.0305. The van der Waals surface area contributed by atoms with E-state index in [1.807, 2.05) is 39.1 Å². The van der Waals surface area contributed by atoms with E-state index in [0.29, 0.717) is 25.9 Å². The van der Waals surface area contributed by atoms with Crippen LogP contribution in [0.1, 0.15) is 45.4 Å². The zero-order valence-electron chi connectivity index (χ0n) is 14.5. The molecular weight excluding hydrogens is 292 g/mol. The Morgan fingerprint density at radius 2 is 2.09 bits per heavy atom. The fourth-order valence-corrected chi connectivity index (χ4v) is 2.61. The van der Waals surface area contributed by atoms with Gasteiger partial charge in [0.1, 0.15) is 11.4 Å². The Hall–Kier alpha value is -1.91. The maximum Gasteiger partial charge on any atom is 0.410 e. The molecule has 0 bridgehead atoms. The summed E-state index contributed by atoms with van der Waals surface area (Å²) in [5.41, 5.74) is 1.45. The molecule has 5 nitrogen and oxygen atoms in total. The van der Waals surface area contributed by atoms with Crippen molar-refractivity contribution in [1.82, 2.24) is 9.88 Å². The molecule has 5 heteroatoms. The second-order valence-corrected chi connectivity index (χ2v) is 7.07. The maximum absolute atomic E-state index is 12.4. The van der Waals surface area contributed by atoms with Gasteiger partial charge < -0.3 is 9.64 Å². The molecule has 1 unspecified atom stereocenters. The van der Waals surface area contributed by atoms with Crippen LogP contribution in [0.4, 0.5) is 4.79 Å². The molecule has 0 aromatic carbocycles. The molecule has 1 amide bonds. The van der Waals surface area contributed by atoms with Crippen molar-refractivity contribution in [2.75, 3.05) is 13.1 Å². The SMILES string of the molecule is CCc1ccc(CC(=O)C2CCN(C(=O)OC(C)(C)C)C2)nc1. The first-order chi connectivity index (χ1) is 10.8. The molecular formula is C18H26N2O3. The predicted molar refractivity (Wildman–Crippen MR) is 88.2 cm³/mol. The van der Waals surface area contributed by atoms with Crippen molar-refractivity contribution in [2.45, 2.75) is 52.6 Å². The number of amides is 1. The summed E-state index contributed by atoms with van der Waals surface area (Å²) in [6.07, 6.45) is 3.46. The number of aromatic nitrogens is 1. The predicted octanol–water partition coefficient (Wildman–Crippen LogP) is 3.01. The quantitative estimate of drug-likeness (QED) is 0.856. The minimum Gasteiger partial charge on any atom is -0.444 e. The van der Waals surface area contributed by atoms with Gasteiger partial charge in [0, 0.05) is 37.3 Å². The van der Waals surface area contributed by atoms with Crippen LogP contribution in [0.2, 0.25) is 0 Å². The zero-order chi connectivity index (χ0) is 17.0. The first-order valence-corrected chi connectivity index (χ1v) is 8.23. The van der Waals surface area contributed by atoms with Gasteiger partial charge in [0.2, 0.25) is 0 Å². The van der Waals surface area contributed by atoms with Crippen LogP contribution in [0.15, 0.2) is 18.3 Å². The Bertz CT molecular complexity index is 561. The van der Waals surface area contributed by atoms with Crippen molar-refractivity contribution < 1.29 is 14.3 Å². The van der Waals surface area contributed by atoms with Crippen LogP contribution in [0, 0.1) is 5.92 Å². The zero-order valence-corrected chi connectivity index (χ0v) is 14.5. The van der Waals surface area contributed by atoms with Gasteiger partial charge >= 0.3 is 6.09 Å². The van der Waals surface area contributed by atoms with E-state index < -0.39 is 5.60 Å². The molecule has 1 aliphatic rings. The maximum atomic E-state index is 12.4. The number of Topliss-reactive ketones (excluding diaryl/α,β-unsaturated/α-hetero) is 1. The summed E-state index contributed by atoms with van der Waals surface area (Å²) in [4.78, 5) is 30.4. The summed E-state index contributed by atoms with van der Waals surface area (Å²) in [6, 6.07) is 3.93. The smallest absolute Gasteiger partial charge is 0.410 e. The third-order valence-corrected chi connectivity index (χ3v) is 3.94. The van der Waals surface area contributed by atoms with Crippen LogP contribution in [-0.4, -0.2) is 40.5 Å². The number of aryl methyl sites for hydroxylation is 1. The second kappa shape index (κ2) is 7.11. The summed E-state index contributed by atoms with van der Waals surface area (Å²) >= 11 is 0. The number of rotatable bonds is 4. The van der Waals surface area contributed by atoms with Crippen molar-refractivity contribution in [1.29, 1.82) is 0 Å². The molecule has 0 aliphatic carbocycles. The number of hydrogen-bond donors (Lipinski definition) is 0. The number of nitrogens with zero attached hydrogens (tertiary/aromatic N) is 2. The average Bonchev–Trinajstić information content (AvgIpc) is 2.96. The molecule has 1 aromatic heterocycles. The lowest BCUT2D eigenvalue weighted by atomic mass is 9.99. The van der Waals surface area contributed by atoms with Gasteiger partial charge in [-0.2, -0.15) is 0 Å². The van der Waals surface area contributed by atoms with Gasteiger partial charge in [-0.25, -0.2) is 4.79 Å². The van der Waals surface area contributed by atoms with E-state index in [9.17, 15) is 9.59 Å². The first-order valence-electron chi connectivity index (χ1n) is 8.23. The van der Waals surface area contributed by atoms with Crippen LogP contribution >= 0.6 is 0 Å². The number of carbonyl (C=O) groups excluding carboxylic acids is 2. The Morgan fingerprint density at radius 1 is 1.35 bits per heavy atom. The Labute approximate surface area is 138 Å². The molecule has 1 aliphatic heterocycles. The van der Waals surface area contributed by atoms with Crippen LogP contribution in [0.5, 0.6) is 0 Å². The second-order valence-electron chi connectivity index (χ2n) is 7.07. The van der Waals surface area contributed by atoms with E-state index in [1.54, 1.807) is 4.90 Å². The van der Waals surface area contributed by atoms with Crippen molar-refractivity contribution in [2.24, 2.45) is 5.92 Å². The standard InChI is InChI=1S/C18H26N2O3/c1-5-13-6-7-15(19-11-13)10-16(21)14-8-9-20(12-14)17(22)23-18(2,3)4/h6-7,11,14H,5,8-10,12H2,1-4H3. The highest BCUT2D eigenvalue weighted by Gasteiger charge is 2.33. The van der Waals surface area contributed by atoms with E-state index in [0.717, 1.165) is 17.7 Å². The van der Waals surface area contributed by atoms with E-state index in [1.165, 1.54) is 0 Å². The molecule has 2 heterocycles. The molecule has 0 saturated carbocycles. The van der Waals surface area contributed by atoms with Crippen molar-refractivity contribution >= 4 is 11.9 Å². The number of pyridine rings is 1. The third kappa shape index (κ3) is 5.05. The molecule has 126 valence electrons. The summed E-state index contributed by atoms with van der Waals surface area (Å²) in [5, 5.41) is 0. The molecule has 2 rings (SSSR count). The van der Waals surface area contributed by atoms with Gasteiger partial charge in [-0.3, -0.25) is 9.78 Å². The Kier molecular flexibility index (Phi) is 5.39. The van der Waals surface area contributed by atoms with Crippen molar-refractivity contribution in [3.05, 3.63) is 29.6 Å². The lowest BCUT2D eigenvalue weighted by molar-refractivity contribution is -0.121. The van der Waals surface area contributed by atoms with Gasteiger partial charge in [-0.05, 0) is 45.2 Å². The lowest BCUT2D eigenvalue weighted by Gasteiger charge is -2.24. The van der Waals surface area contributed by atoms with E-state index in [-0.39, 0.29) is 17.8 Å². The summed E-state index contributed by atoms with van der Waals surface area (Å²) in [7, 11) is 0. The number of carbonyl (C=O) groups is 2. The third-order valence-electron chi connectivity index (χ3n) is 3.94. The number of ether oxygens (including phenoxy) is 1. The molecule has 1 atom stereocenters. The monoisotopic (exact) mass is 318 g/mol. The Morgan fingerprint density at radius 3 is 2.65 bits per heavy atom. The highest BCUT2D eigenvalue weighted by molar-refractivity contribution is 5.84. The number of likely N-dealkylation sites (tertiary alicyclic amines) is 1. The highest BCUT2D eigenvalue weighted by Crippen LogP contribution is 2.21.